The average molecular weight is 217 g/mol. The van der Waals surface area contributed by atoms with Crippen LogP contribution in [-0.4, -0.2) is 46.5 Å². The average Bonchev–Trinajstić information content (AvgIpc) is 2.28. The second-order valence-electron chi connectivity index (χ2n) is 3.59. The molecule has 1 aliphatic heterocycles. The van der Waals surface area contributed by atoms with Gasteiger partial charge in [-0.25, -0.2) is 0 Å². The molecule has 0 aromatic heterocycles. The number of rotatable bonds is 2. The van der Waals surface area contributed by atoms with Gasteiger partial charge in [-0.15, -0.1) is 0 Å². The fraction of sp³-hybridized carbons (Fsp3) is 0.778. The summed E-state index contributed by atoms with van der Waals surface area (Å²) in [5.41, 5.74) is 0. The van der Waals surface area contributed by atoms with E-state index in [9.17, 15) is 9.59 Å². The van der Waals surface area contributed by atoms with Crippen molar-refractivity contribution in [1.29, 1.82) is 0 Å². The van der Waals surface area contributed by atoms with Gasteiger partial charge in [0.05, 0.1) is 0 Å². The number of carbonyl (C=O) groups excluding carboxylic acids is 1. The summed E-state index contributed by atoms with van der Waals surface area (Å²) in [7, 11) is 0. The Labute approximate surface area is 87.7 Å². The van der Waals surface area contributed by atoms with Gasteiger partial charge in [0.25, 0.3) is 0 Å². The standard InChI is InChI=1S/C9H15NO3S/c1-7-5-10(2-3-14-6-7)8(11)4-9(12)13/h7H,2-6H2,1H3,(H,12,13). The predicted octanol–water partition coefficient (Wildman–Crippen LogP) is 0.673. The number of hydrogen-bond donors (Lipinski definition) is 1. The quantitative estimate of drug-likeness (QED) is 0.691. The van der Waals surface area contributed by atoms with Crippen molar-refractivity contribution in [3.05, 3.63) is 0 Å². The number of amides is 1. The summed E-state index contributed by atoms with van der Waals surface area (Å²) in [5, 5.41) is 8.50. The molecule has 0 aromatic rings. The molecule has 0 bridgehead atoms. The summed E-state index contributed by atoms with van der Waals surface area (Å²) in [6, 6.07) is 0. The van der Waals surface area contributed by atoms with Gasteiger partial charge in [-0.05, 0) is 11.7 Å². The van der Waals surface area contributed by atoms with Gasteiger partial charge in [0.15, 0.2) is 0 Å². The van der Waals surface area contributed by atoms with Crippen LogP contribution in [0.5, 0.6) is 0 Å². The first kappa shape index (κ1) is 11.4. The zero-order chi connectivity index (χ0) is 10.6. The van der Waals surface area contributed by atoms with Crippen LogP contribution in [-0.2, 0) is 9.59 Å². The monoisotopic (exact) mass is 217 g/mol. The van der Waals surface area contributed by atoms with Gasteiger partial charge in [-0.2, -0.15) is 11.8 Å². The molecule has 1 N–H and O–H groups in total. The fourth-order valence-corrected chi connectivity index (χ4v) is 2.47. The maximum atomic E-state index is 11.4. The van der Waals surface area contributed by atoms with Crippen LogP contribution < -0.4 is 0 Å². The van der Waals surface area contributed by atoms with Crippen molar-refractivity contribution < 1.29 is 14.7 Å². The number of carboxylic acids is 1. The van der Waals surface area contributed by atoms with Crippen LogP contribution >= 0.6 is 11.8 Å². The lowest BCUT2D eigenvalue weighted by molar-refractivity contribution is -0.144. The number of carboxylic acid groups (broad SMARTS) is 1. The highest BCUT2D eigenvalue weighted by Gasteiger charge is 2.21. The van der Waals surface area contributed by atoms with E-state index in [2.05, 4.69) is 6.92 Å². The Morgan fingerprint density at radius 3 is 2.93 bits per heavy atom. The highest BCUT2D eigenvalue weighted by Crippen LogP contribution is 2.15. The zero-order valence-electron chi connectivity index (χ0n) is 8.23. The van der Waals surface area contributed by atoms with E-state index in [1.165, 1.54) is 0 Å². The first-order chi connectivity index (χ1) is 6.59. The molecule has 1 amide bonds. The third-order valence-corrected chi connectivity index (χ3v) is 3.37. The molecule has 1 atom stereocenters. The summed E-state index contributed by atoms with van der Waals surface area (Å²) in [5.74, 6) is 1.12. The van der Waals surface area contributed by atoms with Crippen molar-refractivity contribution in [2.45, 2.75) is 13.3 Å². The minimum Gasteiger partial charge on any atom is -0.481 e. The molecule has 0 saturated carbocycles. The van der Waals surface area contributed by atoms with Crippen molar-refractivity contribution in [2.24, 2.45) is 5.92 Å². The van der Waals surface area contributed by atoms with E-state index < -0.39 is 5.97 Å². The minimum atomic E-state index is -1.04. The molecular formula is C9H15NO3S. The Morgan fingerprint density at radius 2 is 2.29 bits per heavy atom. The predicted molar refractivity (Wildman–Crippen MR) is 55.3 cm³/mol. The van der Waals surface area contributed by atoms with Gasteiger partial charge >= 0.3 is 5.97 Å². The molecule has 0 aliphatic carbocycles. The molecule has 1 aliphatic rings. The van der Waals surface area contributed by atoms with Crippen molar-refractivity contribution in [3.63, 3.8) is 0 Å². The largest absolute Gasteiger partial charge is 0.481 e. The number of aliphatic carboxylic acids is 1. The normalized spacial score (nSPS) is 22.9. The lowest BCUT2D eigenvalue weighted by Crippen LogP contribution is -2.36. The smallest absolute Gasteiger partial charge is 0.312 e. The van der Waals surface area contributed by atoms with Crippen LogP contribution in [0.1, 0.15) is 13.3 Å². The van der Waals surface area contributed by atoms with Crippen LogP contribution in [0.2, 0.25) is 0 Å². The molecule has 1 heterocycles. The molecule has 14 heavy (non-hydrogen) atoms. The van der Waals surface area contributed by atoms with Crippen LogP contribution in [0, 0.1) is 5.92 Å². The van der Waals surface area contributed by atoms with Crippen molar-refractivity contribution in [3.8, 4) is 0 Å². The maximum absolute atomic E-state index is 11.4. The molecule has 5 heteroatoms. The Balaban J connectivity index is 2.48. The molecule has 1 rings (SSSR count). The number of hydrogen-bond acceptors (Lipinski definition) is 3. The maximum Gasteiger partial charge on any atom is 0.312 e. The second-order valence-corrected chi connectivity index (χ2v) is 4.74. The van der Waals surface area contributed by atoms with Crippen LogP contribution in [0.25, 0.3) is 0 Å². The molecule has 1 fully saturated rings. The first-order valence-corrected chi connectivity index (χ1v) is 5.82. The second kappa shape index (κ2) is 5.24. The SMILES string of the molecule is CC1CSCCN(C(=O)CC(=O)O)C1. The third kappa shape index (κ3) is 3.57. The van der Waals surface area contributed by atoms with Crippen molar-refractivity contribution in [2.75, 3.05) is 24.6 Å². The molecular weight excluding hydrogens is 202 g/mol. The molecule has 80 valence electrons. The van der Waals surface area contributed by atoms with E-state index in [4.69, 9.17) is 5.11 Å². The Morgan fingerprint density at radius 1 is 1.57 bits per heavy atom. The third-order valence-electron chi connectivity index (χ3n) is 2.10. The Hall–Kier alpha value is -0.710. The van der Waals surface area contributed by atoms with Crippen LogP contribution in [0.15, 0.2) is 0 Å². The van der Waals surface area contributed by atoms with E-state index in [0.29, 0.717) is 19.0 Å². The van der Waals surface area contributed by atoms with E-state index in [1.54, 1.807) is 4.90 Å². The summed E-state index contributed by atoms with van der Waals surface area (Å²) < 4.78 is 0. The van der Waals surface area contributed by atoms with E-state index in [-0.39, 0.29) is 12.3 Å². The van der Waals surface area contributed by atoms with Gasteiger partial charge in [-0.1, -0.05) is 6.92 Å². The van der Waals surface area contributed by atoms with Crippen LogP contribution in [0.4, 0.5) is 0 Å². The van der Waals surface area contributed by atoms with Gasteiger partial charge in [-0.3, -0.25) is 9.59 Å². The minimum absolute atomic E-state index is 0.258. The molecule has 1 saturated heterocycles. The van der Waals surface area contributed by atoms with Gasteiger partial charge in [0, 0.05) is 18.8 Å². The Kier molecular flexibility index (Phi) is 4.25. The zero-order valence-corrected chi connectivity index (χ0v) is 9.05. The number of nitrogens with zero attached hydrogens (tertiary/aromatic N) is 1. The summed E-state index contributed by atoms with van der Waals surface area (Å²) in [6.07, 6.45) is -0.378. The van der Waals surface area contributed by atoms with Crippen molar-refractivity contribution in [1.82, 2.24) is 4.90 Å². The van der Waals surface area contributed by atoms with Gasteiger partial charge < -0.3 is 10.0 Å². The summed E-state index contributed by atoms with van der Waals surface area (Å²) in [6.45, 7) is 3.46. The molecule has 4 nitrogen and oxygen atoms in total. The van der Waals surface area contributed by atoms with Crippen LogP contribution in [0.3, 0.4) is 0 Å². The summed E-state index contributed by atoms with van der Waals surface area (Å²) in [4.78, 5) is 23.5. The van der Waals surface area contributed by atoms with E-state index >= 15 is 0 Å². The Bertz CT molecular complexity index is 232. The van der Waals surface area contributed by atoms with Gasteiger partial charge in [0.2, 0.25) is 5.91 Å². The highest BCUT2D eigenvalue weighted by atomic mass is 32.2. The molecule has 0 spiro atoms. The first-order valence-electron chi connectivity index (χ1n) is 4.67. The lowest BCUT2D eigenvalue weighted by Gasteiger charge is -2.21. The molecule has 0 radical (unpaired) electrons. The fourth-order valence-electron chi connectivity index (χ4n) is 1.45. The van der Waals surface area contributed by atoms with E-state index in [1.807, 2.05) is 11.8 Å². The molecule has 0 aromatic carbocycles. The number of thioether (sulfide) groups is 1. The number of carbonyl (C=O) groups is 2. The van der Waals surface area contributed by atoms with Gasteiger partial charge in [0.1, 0.15) is 6.42 Å². The molecule has 1 unspecified atom stereocenters. The van der Waals surface area contributed by atoms with E-state index in [0.717, 1.165) is 11.5 Å². The lowest BCUT2D eigenvalue weighted by atomic mass is 10.2. The summed E-state index contributed by atoms with van der Waals surface area (Å²) >= 11 is 1.82. The van der Waals surface area contributed by atoms with Crippen molar-refractivity contribution >= 4 is 23.6 Å². The topological polar surface area (TPSA) is 57.6 Å². The highest BCUT2D eigenvalue weighted by molar-refractivity contribution is 7.99.